The van der Waals surface area contributed by atoms with E-state index in [9.17, 15) is 19.4 Å². The summed E-state index contributed by atoms with van der Waals surface area (Å²) >= 11 is 0. The lowest BCUT2D eigenvalue weighted by atomic mass is 10.0. The molecule has 0 spiro atoms. The van der Waals surface area contributed by atoms with E-state index >= 15 is 0 Å². The third-order valence-corrected chi connectivity index (χ3v) is 6.02. The van der Waals surface area contributed by atoms with Crippen LogP contribution in [0, 0.1) is 5.82 Å². The second-order valence-electron chi connectivity index (χ2n) is 8.97. The van der Waals surface area contributed by atoms with Gasteiger partial charge >= 0.3 is 0 Å². The van der Waals surface area contributed by atoms with Crippen molar-refractivity contribution in [2.75, 3.05) is 33.8 Å². The lowest BCUT2D eigenvalue weighted by Gasteiger charge is -2.26. The Hall–Kier alpha value is -2.48. The molecule has 2 atom stereocenters. The van der Waals surface area contributed by atoms with Gasteiger partial charge in [-0.15, -0.1) is 0 Å². The predicted octanol–water partition coefficient (Wildman–Crippen LogP) is 3.25. The number of hydrogen-bond acceptors (Lipinski definition) is 5. The SMILES string of the molecule is CN(C)C(=O)c1ccc2c(c1)CCCCCN(Cc1cccc(F)c1)CC[C@H](O)[C@H](O)CO2. The van der Waals surface area contributed by atoms with E-state index in [4.69, 9.17) is 4.74 Å². The second kappa shape index (κ2) is 12.1. The fourth-order valence-corrected chi connectivity index (χ4v) is 4.09. The van der Waals surface area contributed by atoms with Crippen molar-refractivity contribution in [3.8, 4) is 5.75 Å². The number of carbonyl (C=O) groups excluding carboxylic acids is 1. The van der Waals surface area contributed by atoms with Crippen LogP contribution in [0.1, 0.15) is 47.2 Å². The molecule has 6 nitrogen and oxygen atoms in total. The minimum atomic E-state index is -1.03. The molecule has 1 aliphatic rings. The highest BCUT2D eigenvalue weighted by Gasteiger charge is 2.20. The van der Waals surface area contributed by atoms with E-state index in [1.54, 1.807) is 37.2 Å². The van der Waals surface area contributed by atoms with Crippen LogP contribution in [0.25, 0.3) is 0 Å². The molecular weight excluding hydrogens is 423 g/mol. The van der Waals surface area contributed by atoms with E-state index in [1.807, 2.05) is 12.1 Å². The Morgan fingerprint density at radius 1 is 1.09 bits per heavy atom. The van der Waals surface area contributed by atoms with Crippen LogP contribution in [0.5, 0.6) is 5.75 Å². The van der Waals surface area contributed by atoms with Gasteiger partial charge in [0.2, 0.25) is 0 Å². The van der Waals surface area contributed by atoms with Crippen molar-refractivity contribution in [1.29, 1.82) is 0 Å². The monoisotopic (exact) mass is 458 g/mol. The largest absolute Gasteiger partial charge is 0.491 e. The summed E-state index contributed by atoms with van der Waals surface area (Å²) in [6.45, 7) is 1.98. The fraction of sp³-hybridized carbons (Fsp3) is 0.500. The van der Waals surface area contributed by atoms with Crippen LogP contribution < -0.4 is 4.74 Å². The highest BCUT2D eigenvalue weighted by Crippen LogP contribution is 2.24. The zero-order valence-corrected chi connectivity index (χ0v) is 19.5. The number of amides is 1. The first-order valence-corrected chi connectivity index (χ1v) is 11.6. The summed E-state index contributed by atoms with van der Waals surface area (Å²) in [7, 11) is 3.44. The van der Waals surface area contributed by atoms with Gasteiger partial charge in [0.25, 0.3) is 5.91 Å². The zero-order valence-electron chi connectivity index (χ0n) is 19.5. The number of aryl methyl sites for hydroxylation is 1. The molecule has 0 radical (unpaired) electrons. The van der Waals surface area contributed by atoms with Crippen molar-refractivity contribution in [2.45, 2.75) is 50.9 Å². The number of carbonyl (C=O) groups is 1. The second-order valence-corrected chi connectivity index (χ2v) is 8.97. The topological polar surface area (TPSA) is 73.2 Å². The van der Waals surface area contributed by atoms with Gasteiger partial charge in [-0.25, -0.2) is 4.39 Å². The van der Waals surface area contributed by atoms with Gasteiger partial charge in [-0.2, -0.15) is 0 Å². The van der Waals surface area contributed by atoms with Gasteiger partial charge in [0.05, 0.1) is 6.10 Å². The minimum Gasteiger partial charge on any atom is -0.491 e. The van der Waals surface area contributed by atoms with Crippen LogP contribution in [0.3, 0.4) is 0 Å². The summed E-state index contributed by atoms with van der Waals surface area (Å²) in [6.07, 6.45) is 2.09. The number of fused-ring (bicyclic) bond motifs is 1. The van der Waals surface area contributed by atoms with Gasteiger partial charge in [-0.3, -0.25) is 9.69 Å². The lowest BCUT2D eigenvalue weighted by Crippen LogP contribution is -2.36. The van der Waals surface area contributed by atoms with Crippen molar-refractivity contribution in [1.82, 2.24) is 9.80 Å². The highest BCUT2D eigenvalue weighted by molar-refractivity contribution is 5.94. The first-order valence-electron chi connectivity index (χ1n) is 11.6. The molecule has 2 aromatic carbocycles. The summed E-state index contributed by atoms with van der Waals surface area (Å²) in [6, 6.07) is 11.9. The zero-order chi connectivity index (χ0) is 23.8. The van der Waals surface area contributed by atoms with E-state index in [1.165, 1.54) is 12.1 Å². The maximum Gasteiger partial charge on any atom is 0.253 e. The summed E-state index contributed by atoms with van der Waals surface area (Å²) in [5, 5.41) is 20.9. The van der Waals surface area contributed by atoms with Crippen LogP contribution in [0.15, 0.2) is 42.5 Å². The van der Waals surface area contributed by atoms with E-state index in [-0.39, 0.29) is 18.3 Å². The summed E-state index contributed by atoms with van der Waals surface area (Å²) in [5.74, 6) is 0.315. The van der Waals surface area contributed by atoms with Crippen LogP contribution in [0.2, 0.25) is 0 Å². The molecule has 1 heterocycles. The average Bonchev–Trinajstić information content (AvgIpc) is 2.79. The van der Waals surface area contributed by atoms with E-state index in [0.717, 1.165) is 43.4 Å². The average molecular weight is 459 g/mol. The van der Waals surface area contributed by atoms with Gasteiger partial charge in [-0.05, 0) is 73.7 Å². The minimum absolute atomic E-state index is 0.0287. The molecular formula is C26H35FN2O4. The number of aliphatic hydroxyl groups is 2. The van der Waals surface area contributed by atoms with Crippen molar-refractivity contribution >= 4 is 5.91 Å². The van der Waals surface area contributed by atoms with E-state index in [0.29, 0.717) is 30.8 Å². The van der Waals surface area contributed by atoms with Gasteiger partial charge in [0, 0.05) is 32.7 Å². The first kappa shape index (κ1) is 25.1. The van der Waals surface area contributed by atoms with Crippen LogP contribution >= 0.6 is 0 Å². The smallest absolute Gasteiger partial charge is 0.253 e. The van der Waals surface area contributed by atoms with Gasteiger partial charge in [-0.1, -0.05) is 18.6 Å². The first-order chi connectivity index (χ1) is 15.8. The van der Waals surface area contributed by atoms with Crippen molar-refractivity contribution < 1.29 is 24.1 Å². The Morgan fingerprint density at radius 2 is 1.91 bits per heavy atom. The summed E-state index contributed by atoms with van der Waals surface area (Å²) < 4.78 is 19.5. The standard InChI is InChI=1S/C26H35FN2O4/c1-28(2)26(32)21-10-11-25-20(16-21)8-4-3-5-13-29(14-12-23(30)24(31)18-33-25)17-19-7-6-9-22(27)15-19/h6-7,9-11,15-16,23-24,30-31H,3-5,8,12-14,17-18H2,1-2H3/t23-,24+/m0/s1. The summed E-state index contributed by atoms with van der Waals surface area (Å²) in [5.41, 5.74) is 2.42. The van der Waals surface area contributed by atoms with Crippen molar-refractivity contribution in [2.24, 2.45) is 0 Å². The maximum absolute atomic E-state index is 13.6. The molecule has 180 valence electrons. The molecule has 3 rings (SSSR count). The number of halogens is 1. The Balaban J connectivity index is 1.72. The molecule has 0 saturated carbocycles. The predicted molar refractivity (Wildman–Crippen MR) is 126 cm³/mol. The number of benzene rings is 2. The molecule has 0 bridgehead atoms. The Morgan fingerprint density at radius 3 is 2.67 bits per heavy atom. The lowest BCUT2D eigenvalue weighted by molar-refractivity contribution is -0.0163. The van der Waals surface area contributed by atoms with Crippen LogP contribution in [-0.4, -0.2) is 71.9 Å². The third-order valence-electron chi connectivity index (χ3n) is 6.02. The number of nitrogens with zero attached hydrogens (tertiary/aromatic N) is 2. The molecule has 0 unspecified atom stereocenters. The van der Waals surface area contributed by atoms with Crippen molar-refractivity contribution in [3.63, 3.8) is 0 Å². The molecule has 2 N–H and O–H groups in total. The Kier molecular flexibility index (Phi) is 9.23. The van der Waals surface area contributed by atoms with Gasteiger partial charge in [0.1, 0.15) is 24.3 Å². The molecule has 1 aliphatic heterocycles. The molecule has 7 heteroatoms. The Bertz CT molecular complexity index is 921. The van der Waals surface area contributed by atoms with Gasteiger partial charge < -0.3 is 19.8 Å². The normalized spacial score (nSPS) is 20.9. The summed E-state index contributed by atoms with van der Waals surface area (Å²) in [4.78, 5) is 16.1. The van der Waals surface area contributed by atoms with E-state index < -0.39 is 12.2 Å². The molecule has 0 aromatic heterocycles. The molecule has 2 aromatic rings. The molecule has 0 fully saturated rings. The fourth-order valence-electron chi connectivity index (χ4n) is 4.09. The molecule has 1 amide bonds. The van der Waals surface area contributed by atoms with E-state index in [2.05, 4.69) is 4.90 Å². The number of rotatable bonds is 3. The van der Waals surface area contributed by atoms with Gasteiger partial charge in [0.15, 0.2) is 0 Å². The third kappa shape index (κ3) is 7.52. The van der Waals surface area contributed by atoms with Crippen LogP contribution in [-0.2, 0) is 13.0 Å². The maximum atomic E-state index is 13.6. The number of hydrogen-bond donors (Lipinski definition) is 2. The van der Waals surface area contributed by atoms with Crippen LogP contribution in [0.4, 0.5) is 4.39 Å². The van der Waals surface area contributed by atoms with Crippen molar-refractivity contribution in [3.05, 3.63) is 65.0 Å². The Labute approximate surface area is 195 Å². The quantitative estimate of drug-likeness (QED) is 0.739. The molecule has 0 saturated heterocycles. The number of ether oxygens (including phenoxy) is 1. The highest BCUT2D eigenvalue weighted by atomic mass is 19.1. The number of aliphatic hydroxyl groups excluding tert-OH is 2. The molecule has 33 heavy (non-hydrogen) atoms. The molecule has 0 aliphatic carbocycles.